The van der Waals surface area contributed by atoms with E-state index in [9.17, 15) is 4.79 Å². The van der Waals surface area contributed by atoms with Crippen molar-refractivity contribution < 1.29 is 9.53 Å². The molecule has 1 unspecified atom stereocenters. The molecule has 1 aliphatic carbocycles. The van der Waals surface area contributed by atoms with Crippen molar-refractivity contribution in [2.75, 3.05) is 32.8 Å². The van der Waals surface area contributed by atoms with Crippen molar-refractivity contribution >= 4 is 5.91 Å². The van der Waals surface area contributed by atoms with Gasteiger partial charge < -0.3 is 15.0 Å². The molecule has 1 saturated carbocycles. The number of hydrogen-bond donors (Lipinski definition) is 1. The number of amides is 1. The van der Waals surface area contributed by atoms with Crippen molar-refractivity contribution in [2.24, 2.45) is 11.3 Å². The molecule has 0 bridgehead atoms. The van der Waals surface area contributed by atoms with Gasteiger partial charge in [-0.2, -0.15) is 0 Å². The van der Waals surface area contributed by atoms with Gasteiger partial charge in [0.05, 0.1) is 12.3 Å². The third-order valence-corrected chi connectivity index (χ3v) is 8.05. The summed E-state index contributed by atoms with van der Waals surface area (Å²) in [6.45, 7) is 4.33. The van der Waals surface area contributed by atoms with Crippen LogP contribution in [0.1, 0.15) is 43.4 Å². The SMILES string of the molecule is O=C(C1CC12CCNCC2)N1CCC2(CC1)OCCc1cnc(-c3ccccc3)nc12. The normalized spacial score (nSPS) is 25.9. The third-order valence-electron chi connectivity index (χ3n) is 8.05. The molecule has 1 aromatic heterocycles. The standard InChI is InChI=1S/C25H30N4O2/c30-23(20-16-24(20)7-11-26-12-8-24)29-13-9-25(10-14-29)21-19(6-15-31-25)17-27-22(28-21)18-4-2-1-3-5-18/h1-5,17,20,26H,6-16H2. The molecule has 6 nitrogen and oxygen atoms in total. The summed E-state index contributed by atoms with van der Waals surface area (Å²) in [7, 11) is 0. The predicted molar refractivity (Wildman–Crippen MR) is 117 cm³/mol. The van der Waals surface area contributed by atoms with Crippen molar-refractivity contribution in [2.45, 2.75) is 44.1 Å². The predicted octanol–water partition coefficient (Wildman–Crippen LogP) is 2.92. The van der Waals surface area contributed by atoms with E-state index < -0.39 is 0 Å². The molecule has 3 aliphatic heterocycles. The summed E-state index contributed by atoms with van der Waals surface area (Å²) in [4.78, 5) is 25.0. The number of fused-ring (bicyclic) bond motifs is 2. The molecule has 4 aliphatic rings. The lowest BCUT2D eigenvalue weighted by Crippen LogP contribution is -2.49. The first kappa shape index (κ1) is 19.4. The Morgan fingerprint density at radius 1 is 1.10 bits per heavy atom. The smallest absolute Gasteiger partial charge is 0.226 e. The van der Waals surface area contributed by atoms with Crippen molar-refractivity contribution in [1.29, 1.82) is 0 Å². The van der Waals surface area contributed by atoms with Gasteiger partial charge in [-0.15, -0.1) is 0 Å². The first-order valence-corrected chi connectivity index (χ1v) is 11.7. The van der Waals surface area contributed by atoms with Gasteiger partial charge in [-0.25, -0.2) is 9.97 Å². The van der Waals surface area contributed by atoms with Gasteiger partial charge >= 0.3 is 0 Å². The number of nitrogens with zero attached hydrogens (tertiary/aromatic N) is 3. The number of ether oxygens (including phenoxy) is 1. The molecule has 162 valence electrons. The van der Waals surface area contributed by atoms with Crippen LogP contribution in [0.5, 0.6) is 0 Å². The van der Waals surface area contributed by atoms with E-state index in [1.807, 2.05) is 36.5 Å². The Labute approximate surface area is 183 Å². The maximum atomic E-state index is 13.2. The number of likely N-dealkylation sites (tertiary alicyclic amines) is 1. The molecule has 2 aromatic rings. The van der Waals surface area contributed by atoms with Gasteiger partial charge in [0.25, 0.3) is 0 Å². The van der Waals surface area contributed by atoms with Crippen LogP contribution in [-0.2, 0) is 21.6 Å². The van der Waals surface area contributed by atoms with Crippen LogP contribution in [0.3, 0.4) is 0 Å². The molecule has 1 N–H and O–H groups in total. The third kappa shape index (κ3) is 3.28. The number of benzene rings is 1. The highest BCUT2D eigenvalue weighted by atomic mass is 16.5. The summed E-state index contributed by atoms with van der Waals surface area (Å²) < 4.78 is 6.40. The van der Waals surface area contributed by atoms with Crippen LogP contribution >= 0.6 is 0 Å². The van der Waals surface area contributed by atoms with E-state index in [1.54, 1.807) is 0 Å². The second-order valence-corrected chi connectivity index (χ2v) is 9.72. The van der Waals surface area contributed by atoms with Crippen LogP contribution < -0.4 is 5.32 Å². The molecule has 6 heteroatoms. The maximum Gasteiger partial charge on any atom is 0.226 e. The number of aromatic nitrogens is 2. The largest absolute Gasteiger partial charge is 0.368 e. The first-order chi connectivity index (χ1) is 15.2. The fourth-order valence-electron chi connectivity index (χ4n) is 6.00. The Kier molecular flexibility index (Phi) is 4.62. The van der Waals surface area contributed by atoms with E-state index in [0.29, 0.717) is 17.9 Å². The Morgan fingerprint density at radius 3 is 2.65 bits per heavy atom. The van der Waals surface area contributed by atoms with Gasteiger partial charge in [-0.1, -0.05) is 30.3 Å². The summed E-state index contributed by atoms with van der Waals surface area (Å²) in [6, 6.07) is 10.1. The minimum atomic E-state index is -0.382. The second kappa shape index (κ2) is 7.38. The lowest BCUT2D eigenvalue weighted by Gasteiger charge is -2.44. The Bertz CT molecular complexity index is 978. The van der Waals surface area contributed by atoms with E-state index >= 15 is 0 Å². The summed E-state index contributed by atoms with van der Waals surface area (Å²) in [6.07, 6.45) is 7.86. The van der Waals surface area contributed by atoms with Gasteiger partial charge in [-0.3, -0.25) is 4.79 Å². The van der Waals surface area contributed by atoms with Gasteiger partial charge in [-0.05, 0) is 62.6 Å². The number of hydrogen-bond acceptors (Lipinski definition) is 5. The van der Waals surface area contributed by atoms with Crippen LogP contribution in [0.25, 0.3) is 11.4 Å². The Morgan fingerprint density at radius 2 is 1.87 bits per heavy atom. The molecule has 1 amide bonds. The van der Waals surface area contributed by atoms with Crippen LogP contribution in [0.2, 0.25) is 0 Å². The van der Waals surface area contributed by atoms with Gasteiger partial charge in [0.1, 0.15) is 5.60 Å². The molecular formula is C25H30N4O2. The first-order valence-electron chi connectivity index (χ1n) is 11.7. The highest BCUT2D eigenvalue weighted by Gasteiger charge is 2.59. The fraction of sp³-hybridized carbons (Fsp3) is 0.560. The monoisotopic (exact) mass is 418 g/mol. The summed E-state index contributed by atoms with van der Waals surface area (Å²) >= 11 is 0. The van der Waals surface area contributed by atoms with Crippen LogP contribution in [0, 0.1) is 11.3 Å². The van der Waals surface area contributed by atoms with Crippen LogP contribution in [0.15, 0.2) is 36.5 Å². The molecule has 6 rings (SSSR count). The number of carbonyl (C=O) groups excluding carboxylic acids is 1. The molecule has 1 atom stereocenters. The molecule has 2 saturated heterocycles. The highest BCUT2D eigenvalue weighted by molar-refractivity contribution is 5.83. The van der Waals surface area contributed by atoms with E-state index in [-0.39, 0.29) is 11.5 Å². The number of rotatable bonds is 2. The zero-order valence-electron chi connectivity index (χ0n) is 18.0. The molecular weight excluding hydrogens is 388 g/mol. The molecule has 0 radical (unpaired) electrons. The van der Waals surface area contributed by atoms with Gasteiger partial charge in [0.15, 0.2) is 5.82 Å². The summed E-state index contributed by atoms with van der Waals surface area (Å²) in [5.41, 5.74) is 3.18. The topological polar surface area (TPSA) is 67.4 Å². The summed E-state index contributed by atoms with van der Waals surface area (Å²) in [5, 5.41) is 3.43. The fourth-order valence-corrected chi connectivity index (χ4v) is 6.00. The van der Waals surface area contributed by atoms with Crippen molar-refractivity contribution in [3.05, 3.63) is 47.8 Å². The lowest BCUT2D eigenvalue weighted by molar-refractivity contribution is -0.143. The molecule has 4 heterocycles. The van der Waals surface area contributed by atoms with Crippen molar-refractivity contribution in [3.63, 3.8) is 0 Å². The van der Waals surface area contributed by atoms with E-state index in [1.165, 1.54) is 5.56 Å². The van der Waals surface area contributed by atoms with Crippen molar-refractivity contribution in [3.8, 4) is 11.4 Å². The van der Waals surface area contributed by atoms with Crippen LogP contribution in [-0.4, -0.2) is 53.6 Å². The minimum Gasteiger partial charge on any atom is -0.368 e. The lowest BCUT2D eigenvalue weighted by atomic mass is 9.83. The highest BCUT2D eigenvalue weighted by Crippen LogP contribution is 2.59. The zero-order valence-corrected chi connectivity index (χ0v) is 18.0. The number of nitrogens with one attached hydrogen (secondary N) is 1. The van der Waals surface area contributed by atoms with Crippen LogP contribution in [0.4, 0.5) is 0 Å². The van der Waals surface area contributed by atoms with Crippen molar-refractivity contribution in [1.82, 2.24) is 20.2 Å². The Balaban J connectivity index is 1.20. The quantitative estimate of drug-likeness (QED) is 0.812. The molecule has 3 fully saturated rings. The van der Waals surface area contributed by atoms with E-state index in [4.69, 9.17) is 9.72 Å². The molecule has 2 spiro atoms. The minimum absolute atomic E-state index is 0.246. The van der Waals surface area contributed by atoms with Gasteiger partial charge in [0, 0.05) is 30.8 Å². The maximum absolute atomic E-state index is 13.2. The summed E-state index contributed by atoms with van der Waals surface area (Å²) in [5.74, 6) is 1.38. The second-order valence-electron chi connectivity index (χ2n) is 9.72. The average Bonchev–Trinajstić information content (AvgIpc) is 3.52. The molecule has 1 aromatic carbocycles. The van der Waals surface area contributed by atoms with Gasteiger partial charge in [0.2, 0.25) is 5.91 Å². The number of carbonyl (C=O) groups is 1. The molecule has 31 heavy (non-hydrogen) atoms. The Hall–Kier alpha value is -2.31. The van der Waals surface area contributed by atoms with E-state index in [0.717, 1.165) is 81.8 Å². The number of piperidine rings is 2. The zero-order chi connectivity index (χ0) is 20.9. The average molecular weight is 419 g/mol. The van der Waals surface area contributed by atoms with E-state index in [2.05, 4.69) is 15.2 Å².